The number of amides is 1. The summed E-state index contributed by atoms with van der Waals surface area (Å²) >= 11 is 11.9. The second kappa shape index (κ2) is 8.76. The number of halogens is 2. The molecule has 0 bridgehead atoms. The number of hydrogen-bond donors (Lipinski definition) is 0. The average molecular weight is 393 g/mol. The van der Waals surface area contributed by atoms with Crippen LogP contribution >= 0.6 is 23.2 Å². The molecule has 0 saturated carbocycles. The number of anilines is 1. The highest BCUT2D eigenvalue weighted by Crippen LogP contribution is 2.23. The molecule has 1 amide bonds. The predicted molar refractivity (Wildman–Crippen MR) is 106 cm³/mol. The summed E-state index contributed by atoms with van der Waals surface area (Å²) in [4.78, 5) is 16.5. The minimum Gasteiger partial charge on any atom is -0.378 e. The molecular formula is C20H22Cl2N2O2. The van der Waals surface area contributed by atoms with Crippen molar-refractivity contribution in [3.8, 4) is 0 Å². The van der Waals surface area contributed by atoms with Crippen LogP contribution < -0.4 is 4.90 Å². The number of ether oxygens (including phenoxy) is 1. The third-order valence-electron chi connectivity index (χ3n) is 4.50. The summed E-state index contributed by atoms with van der Waals surface area (Å²) in [5.41, 5.74) is 3.16. The lowest BCUT2D eigenvalue weighted by molar-refractivity contribution is -0.129. The van der Waals surface area contributed by atoms with E-state index in [-0.39, 0.29) is 5.91 Å². The molecule has 0 radical (unpaired) electrons. The van der Waals surface area contributed by atoms with E-state index < -0.39 is 0 Å². The molecule has 1 aliphatic heterocycles. The number of rotatable bonds is 5. The van der Waals surface area contributed by atoms with Gasteiger partial charge in [0.1, 0.15) is 0 Å². The minimum absolute atomic E-state index is 0.0423. The van der Waals surface area contributed by atoms with E-state index in [9.17, 15) is 4.79 Å². The lowest BCUT2D eigenvalue weighted by Crippen LogP contribution is -2.36. The van der Waals surface area contributed by atoms with Crippen molar-refractivity contribution >= 4 is 34.8 Å². The van der Waals surface area contributed by atoms with Crippen molar-refractivity contribution < 1.29 is 9.53 Å². The van der Waals surface area contributed by atoms with E-state index >= 15 is 0 Å². The smallest absolute Gasteiger partial charge is 0.227 e. The third kappa shape index (κ3) is 4.91. The first-order chi connectivity index (χ1) is 12.5. The molecule has 0 aliphatic carbocycles. The van der Waals surface area contributed by atoms with Crippen molar-refractivity contribution in [3.05, 3.63) is 63.6 Å². The summed E-state index contributed by atoms with van der Waals surface area (Å²) in [7, 11) is 1.82. The van der Waals surface area contributed by atoms with Crippen LogP contribution in [-0.4, -0.2) is 44.2 Å². The van der Waals surface area contributed by atoms with Gasteiger partial charge in [0.2, 0.25) is 5.91 Å². The molecule has 26 heavy (non-hydrogen) atoms. The zero-order chi connectivity index (χ0) is 18.5. The Morgan fingerprint density at radius 1 is 1.04 bits per heavy atom. The molecule has 0 unspecified atom stereocenters. The van der Waals surface area contributed by atoms with Gasteiger partial charge in [-0.2, -0.15) is 0 Å². The predicted octanol–water partition coefficient (Wildman–Crippen LogP) is 4.03. The first-order valence-electron chi connectivity index (χ1n) is 8.62. The Bertz CT molecular complexity index is 759. The SMILES string of the molecule is CN(Cc1ccc(N2CCOCC2)cc1)C(=O)Cc1ccc(Cl)c(Cl)c1. The number of carbonyl (C=O) groups is 1. The lowest BCUT2D eigenvalue weighted by atomic mass is 10.1. The Hall–Kier alpha value is -1.75. The lowest BCUT2D eigenvalue weighted by Gasteiger charge is -2.29. The highest BCUT2D eigenvalue weighted by Gasteiger charge is 2.13. The zero-order valence-electron chi connectivity index (χ0n) is 14.8. The highest BCUT2D eigenvalue weighted by molar-refractivity contribution is 6.42. The Morgan fingerprint density at radius 3 is 2.35 bits per heavy atom. The van der Waals surface area contributed by atoms with E-state index in [4.69, 9.17) is 27.9 Å². The molecule has 0 aromatic heterocycles. The molecule has 0 N–H and O–H groups in total. The van der Waals surface area contributed by atoms with Crippen LogP contribution in [0, 0.1) is 0 Å². The third-order valence-corrected chi connectivity index (χ3v) is 5.24. The Balaban J connectivity index is 1.57. The van der Waals surface area contributed by atoms with Crippen molar-refractivity contribution in [1.82, 2.24) is 4.90 Å². The molecule has 1 aliphatic rings. The second-order valence-electron chi connectivity index (χ2n) is 6.44. The largest absolute Gasteiger partial charge is 0.378 e. The van der Waals surface area contributed by atoms with E-state index in [1.807, 2.05) is 13.1 Å². The quantitative estimate of drug-likeness (QED) is 0.769. The highest BCUT2D eigenvalue weighted by atomic mass is 35.5. The monoisotopic (exact) mass is 392 g/mol. The molecular weight excluding hydrogens is 371 g/mol. The number of benzene rings is 2. The molecule has 3 rings (SSSR count). The zero-order valence-corrected chi connectivity index (χ0v) is 16.3. The number of hydrogen-bond acceptors (Lipinski definition) is 3. The molecule has 2 aromatic carbocycles. The molecule has 4 nitrogen and oxygen atoms in total. The van der Waals surface area contributed by atoms with Gasteiger partial charge in [0.15, 0.2) is 0 Å². The summed E-state index contributed by atoms with van der Waals surface area (Å²) in [6, 6.07) is 13.7. The van der Waals surface area contributed by atoms with Crippen molar-refractivity contribution in [3.63, 3.8) is 0 Å². The molecule has 1 saturated heterocycles. The summed E-state index contributed by atoms with van der Waals surface area (Å²) in [6.07, 6.45) is 0.305. The molecule has 6 heteroatoms. The van der Waals surface area contributed by atoms with Crippen LogP contribution in [0.25, 0.3) is 0 Å². The fourth-order valence-electron chi connectivity index (χ4n) is 2.95. The van der Waals surface area contributed by atoms with Gasteiger partial charge >= 0.3 is 0 Å². The molecule has 2 aromatic rings. The van der Waals surface area contributed by atoms with Gasteiger partial charge in [-0.1, -0.05) is 41.4 Å². The van der Waals surface area contributed by atoms with E-state index in [2.05, 4.69) is 29.2 Å². The topological polar surface area (TPSA) is 32.8 Å². The Kier molecular flexibility index (Phi) is 6.41. The summed E-state index contributed by atoms with van der Waals surface area (Å²) in [5.74, 6) is 0.0423. The number of carbonyl (C=O) groups excluding carboxylic acids is 1. The minimum atomic E-state index is 0.0423. The van der Waals surface area contributed by atoms with Gasteiger partial charge < -0.3 is 14.5 Å². The van der Waals surface area contributed by atoms with Crippen LogP contribution in [0.4, 0.5) is 5.69 Å². The van der Waals surface area contributed by atoms with Gasteiger partial charge in [-0.25, -0.2) is 0 Å². The van der Waals surface area contributed by atoms with E-state index in [0.29, 0.717) is 23.0 Å². The molecule has 0 atom stereocenters. The summed E-state index contributed by atoms with van der Waals surface area (Å²) < 4.78 is 5.39. The van der Waals surface area contributed by atoms with Crippen LogP contribution in [0.15, 0.2) is 42.5 Å². The fraction of sp³-hybridized carbons (Fsp3) is 0.350. The maximum absolute atomic E-state index is 12.5. The molecule has 1 heterocycles. The average Bonchev–Trinajstić information content (AvgIpc) is 2.66. The van der Waals surface area contributed by atoms with Gasteiger partial charge in [-0.05, 0) is 35.4 Å². The van der Waals surface area contributed by atoms with Crippen LogP contribution in [-0.2, 0) is 22.5 Å². The summed E-state index contributed by atoms with van der Waals surface area (Å²) in [5, 5.41) is 0.967. The second-order valence-corrected chi connectivity index (χ2v) is 7.26. The molecule has 0 spiro atoms. The number of nitrogens with zero attached hydrogens (tertiary/aromatic N) is 2. The van der Waals surface area contributed by atoms with Crippen molar-refractivity contribution in [2.75, 3.05) is 38.3 Å². The molecule has 138 valence electrons. The first-order valence-corrected chi connectivity index (χ1v) is 9.38. The van der Waals surface area contributed by atoms with Crippen LogP contribution in [0.2, 0.25) is 10.0 Å². The number of morpholine rings is 1. The Labute approximate surface area is 164 Å². The standard InChI is InChI=1S/C20H22Cl2N2O2/c1-23(20(25)13-16-4-7-18(21)19(22)12-16)14-15-2-5-17(6-3-15)24-8-10-26-11-9-24/h2-7,12H,8-11,13-14H2,1H3. The van der Waals surface area contributed by atoms with Crippen molar-refractivity contribution in [2.24, 2.45) is 0 Å². The first kappa shape index (κ1) is 19.0. The maximum Gasteiger partial charge on any atom is 0.227 e. The Morgan fingerprint density at radius 2 is 1.69 bits per heavy atom. The van der Waals surface area contributed by atoms with Crippen LogP contribution in [0.5, 0.6) is 0 Å². The van der Waals surface area contributed by atoms with E-state index in [1.165, 1.54) is 5.69 Å². The summed E-state index contributed by atoms with van der Waals surface area (Å²) in [6.45, 7) is 3.95. The van der Waals surface area contributed by atoms with Crippen molar-refractivity contribution in [2.45, 2.75) is 13.0 Å². The van der Waals surface area contributed by atoms with Crippen molar-refractivity contribution in [1.29, 1.82) is 0 Å². The van der Waals surface area contributed by atoms with Crippen LogP contribution in [0.1, 0.15) is 11.1 Å². The fourth-order valence-corrected chi connectivity index (χ4v) is 3.28. The van der Waals surface area contributed by atoms with Gasteiger partial charge in [0.25, 0.3) is 0 Å². The normalized spacial score (nSPS) is 14.3. The van der Waals surface area contributed by atoms with Gasteiger partial charge in [0, 0.05) is 32.4 Å². The maximum atomic E-state index is 12.5. The molecule has 1 fully saturated rings. The van der Waals surface area contributed by atoms with E-state index in [1.54, 1.807) is 17.0 Å². The van der Waals surface area contributed by atoms with Gasteiger partial charge in [-0.15, -0.1) is 0 Å². The van der Waals surface area contributed by atoms with Gasteiger partial charge in [0.05, 0.1) is 29.7 Å². The van der Waals surface area contributed by atoms with Gasteiger partial charge in [-0.3, -0.25) is 4.79 Å². The van der Waals surface area contributed by atoms with E-state index in [0.717, 1.165) is 37.4 Å². The number of likely N-dealkylation sites (N-methyl/N-ethyl adjacent to an activating group) is 1. The van der Waals surface area contributed by atoms with Crippen LogP contribution in [0.3, 0.4) is 0 Å².